The summed E-state index contributed by atoms with van der Waals surface area (Å²) in [5, 5.41) is 4.91. The molecule has 9 nitrogen and oxygen atoms in total. The van der Waals surface area contributed by atoms with Gasteiger partial charge < -0.3 is 15.4 Å². The highest BCUT2D eigenvalue weighted by molar-refractivity contribution is 7.89. The van der Waals surface area contributed by atoms with Gasteiger partial charge in [0, 0.05) is 25.5 Å². The largest absolute Gasteiger partial charge is 0.359 e. The van der Waals surface area contributed by atoms with E-state index in [9.17, 15) is 18.0 Å². The van der Waals surface area contributed by atoms with Crippen molar-refractivity contribution < 1.29 is 22.7 Å². The van der Waals surface area contributed by atoms with Gasteiger partial charge in [0.25, 0.3) is 0 Å². The minimum atomic E-state index is -3.77. The van der Waals surface area contributed by atoms with Crippen LogP contribution in [0.5, 0.6) is 0 Å². The molecule has 2 N–H and O–H groups in total. The number of nitrogens with one attached hydrogen (secondary N) is 2. The van der Waals surface area contributed by atoms with Gasteiger partial charge in [-0.05, 0) is 30.7 Å². The summed E-state index contributed by atoms with van der Waals surface area (Å²) in [6.07, 6.45) is 2.31. The molecule has 2 heterocycles. The van der Waals surface area contributed by atoms with E-state index < -0.39 is 28.1 Å². The number of amides is 2. The van der Waals surface area contributed by atoms with Gasteiger partial charge in [0.1, 0.15) is 6.23 Å². The number of pyridine rings is 1. The van der Waals surface area contributed by atoms with Gasteiger partial charge in [-0.3, -0.25) is 14.6 Å². The zero-order valence-corrected chi connectivity index (χ0v) is 16.7. The molecule has 0 radical (unpaired) electrons. The van der Waals surface area contributed by atoms with E-state index in [1.165, 1.54) is 16.4 Å². The van der Waals surface area contributed by atoms with Gasteiger partial charge in [-0.2, -0.15) is 4.31 Å². The van der Waals surface area contributed by atoms with Crippen molar-refractivity contribution in [2.45, 2.75) is 24.6 Å². The van der Waals surface area contributed by atoms with Crippen molar-refractivity contribution in [2.75, 3.05) is 19.7 Å². The molecule has 10 heteroatoms. The van der Waals surface area contributed by atoms with E-state index in [0.29, 0.717) is 0 Å². The lowest BCUT2D eigenvalue weighted by Crippen LogP contribution is -2.47. The second-order valence-corrected chi connectivity index (χ2v) is 8.40. The molecule has 0 bridgehead atoms. The van der Waals surface area contributed by atoms with Gasteiger partial charge in [0.15, 0.2) is 0 Å². The second kappa shape index (κ2) is 9.12. The zero-order chi connectivity index (χ0) is 20.9. The summed E-state index contributed by atoms with van der Waals surface area (Å²) in [5.74, 6) is -1.68. The van der Waals surface area contributed by atoms with Crippen molar-refractivity contribution in [3.8, 4) is 0 Å². The molecule has 1 aliphatic heterocycles. The normalized spacial score (nSPS) is 17.1. The molecule has 2 amide bonds. The highest BCUT2D eigenvalue weighted by Crippen LogP contribution is 2.22. The van der Waals surface area contributed by atoms with Crippen LogP contribution in [0.3, 0.4) is 0 Å². The minimum absolute atomic E-state index is 0.135. The smallest absolute Gasteiger partial charge is 0.309 e. The van der Waals surface area contributed by atoms with Crippen LogP contribution in [0.25, 0.3) is 0 Å². The lowest BCUT2D eigenvalue weighted by Gasteiger charge is -2.22. The van der Waals surface area contributed by atoms with E-state index >= 15 is 0 Å². The fourth-order valence-corrected chi connectivity index (χ4v) is 4.32. The molecular weight excluding hydrogens is 396 g/mol. The van der Waals surface area contributed by atoms with Crippen molar-refractivity contribution in [1.82, 2.24) is 19.9 Å². The van der Waals surface area contributed by atoms with Crippen molar-refractivity contribution in [3.05, 3.63) is 59.9 Å². The maximum atomic E-state index is 12.8. The van der Waals surface area contributed by atoms with E-state index in [1.807, 2.05) is 6.92 Å². The number of ether oxygens (including phenoxy) is 1. The summed E-state index contributed by atoms with van der Waals surface area (Å²) in [6, 6.07) is 9.99. The standard InChI is InChI=1S/C19H22N4O5S/c1-14-4-6-16(7-5-14)29(26,27)23-9-10-28-17(23)13-22-19(25)18(24)21-12-15-3-2-8-20-11-15/h2-8,11,17H,9-10,12-13H2,1H3,(H,21,24)(H,22,25)/t17-/m1/s1. The predicted molar refractivity (Wildman–Crippen MR) is 104 cm³/mol. The molecule has 1 saturated heterocycles. The van der Waals surface area contributed by atoms with Crippen molar-refractivity contribution in [3.63, 3.8) is 0 Å². The van der Waals surface area contributed by atoms with E-state index in [2.05, 4.69) is 15.6 Å². The van der Waals surface area contributed by atoms with Crippen LogP contribution in [0.4, 0.5) is 0 Å². The fourth-order valence-electron chi connectivity index (χ4n) is 2.81. The Balaban J connectivity index is 1.55. The van der Waals surface area contributed by atoms with Crippen LogP contribution >= 0.6 is 0 Å². The lowest BCUT2D eigenvalue weighted by molar-refractivity contribution is -0.139. The average molecular weight is 418 g/mol. The molecule has 1 atom stereocenters. The second-order valence-electron chi connectivity index (χ2n) is 6.51. The number of hydrogen-bond donors (Lipinski definition) is 2. The molecule has 0 unspecified atom stereocenters. The molecule has 0 spiro atoms. The van der Waals surface area contributed by atoms with Crippen LogP contribution < -0.4 is 10.6 Å². The van der Waals surface area contributed by atoms with E-state index in [1.54, 1.807) is 36.7 Å². The summed E-state index contributed by atoms with van der Waals surface area (Å²) in [6.45, 7) is 2.27. The third-order valence-corrected chi connectivity index (χ3v) is 6.29. The zero-order valence-electron chi connectivity index (χ0n) is 15.9. The molecule has 3 rings (SSSR count). The van der Waals surface area contributed by atoms with Crippen molar-refractivity contribution in [1.29, 1.82) is 0 Å². The maximum absolute atomic E-state index is 12.8. The molecule has 1 fully saturated rings. The predicted octanol–water partition coefficient (Wildman–Crippen LogP) is 0.170. The van der Waals surface area contributed by atoms with Gasteiger partial charge in [-0.1, -0.05) is 23.8 Å². The first-order chi connectivity index (χ1) is 13.9. The number of sulfonamides is 1. The van der Waals surface area contributed by atoms with Crippen LogP contribution in [-0.4, -0.2) is 55.4 Å². The topological polar surface area (TPSA) is 118 Å². The minimum Gasteiger partial charge on any atom is -0.359 e. The number of rotatable bonds is 6. The molecule has 2 aromatic rings. The lowest BCUT2D eigenvalue weighted by atomic mass is 10.2. The van der Waals surface area contributed by atoms with E-state index in [0.717, 1.165) is 11.1 Å². The van der Waals surface area contributed by atoms with Crippen LogP contribution in [-0.2, 0) is 30.9 Å². The van der Waals surface area contributed by atoms with Gasteiger partial charge in [0.2, 0.25) is 10.0 Å². The molecular formula is C19H22N4O5S. The summed E-state index contributed by atoms with van der Waals surface area (Å²) >= 11 is 0. The molecule has 154 valence electrons. The molecule has 0 saturated carbocycles. The highest BCUT2D eigenvalue weighted by atomic mass is 32.2. The highest BCUT2D eigenvalue weighted by Gasteiger charge is 2.36. The van der Waals surface area contributed by atoms with Crippen LogP contribution in [0, 0.1) is 6.92 Å². The first kappa shape index (κ1) is 20.9. The monoisotopic (exact) mass is 418 g/mol. The van der Waals surface area contributed by atoms with Crippen molar-refractivity contribution >= 4 is 21.8 Å². The Kier molecular flexibility index (Phi) is 6.57. The summed E-state index contributed by atoms with van der Waals surface area (Å²) in [4.78, 5) is 28.0. The molecule has 29 heavy (non-hydrogen) atoms. The third kappa shape index (κ3) is 5.17. The first-order valence-electron chi connectivity index (χ1n) is 9.03. The Morgan fingerprint density at radius 1 is 1.17 bits per heavy atom. The number of nitrogens with zero attached hydrogens (tertiary/aromatic N) is 2. The Morgan fingerprint density at radius 3 is 2.59 bits per heavy atom. The average Bonchev–Trinajstić information content (AvgIpc) is 3.21. The summed E-state index contributed by atoms with van der Waals surface area (Å²) < 4.78 is 32.3. The van der Waals surface area contributed by atoms with Crippen LogP contribution in [0.2, 0.25) is 0 Å². The van der Waals surface area contributed by atoms with Crippen LogP contribution in [0.1, 0.15) is 11.1 Å². The summed E-state index contributed by atoms with van der Waals surface area (Å²) in [7, 11) is -3.77. The van der Waals surface area contributed by atoms with Gasteiger partial charge in [-0.15, -0.1) is 0 Å². The number of aromatic nitrogens is 1. The summed E-state index contributed by atoms with van der Waals surface area (Å²) in [5.41, 5.74) is 1.70. The van der Waals surface area contributed by atoms with Gasteiger partial charge in [-0.25, -0.2) is 8.42 Å². The maximum Gasteiger partial charge on any atom is 0.309 e. The van der Waals surface area contributed by atoms with E-state index in [4.69, 9.17) is 4.74 Å². The van der Waals surface area contributed by atoms with Gasteiger partial charge >= 0.3 is 11.8 Å². The Labute approximate surface area is 169 Å². The number of carbonyl (C=O) groups excluding carboxylic acids is 2. The SMILES string of the molecule is Cc1ccc(S(=O)(=O)N2CCO[C@@H]2CNC(=O)C(=O)NCc2cccnc2)cc1. The third-order valence-electron chi connectivity index (χ3n) is 4.39. The van der Waals surface area contributed by atoms with Crippen LogP contribution in [0.15, 0.2) is 53.7 Å². The van der Waals surface area contributed by atoms with Gasteiger partial charge in [0.05, 0.1) is 18.0 Å². The Hall–Kier alpha value is -2.82. The molecule has 0 aliphatic carbocycles. The van der Waals surface area contributed by atoms with Crippen molar-refractivity contribution in [2.24, 2.45) is 0 Å². The number of hydrogen-bond acceptors (Lipinski definition) is 6. The quantitative estimate of drug-likeness (QED) is 0.646. The number of carbonyl (C=O) groups is 2. The molecule has 1 aliphatic rings. The number of aryl methyl sites for hydroxylation is 1. The molecule has 1 aromatic carbocycles. The Bertz CT molecular complexity index is 964. The molecule has 1 aromatic heterocycles. The first-order valence-corrected chi connectivity index (χ1v) is 10.5. The number of benzene rings is 1. The fraction of sp³-hybridized carbons (Fsp3) is 0.316. The van der Waals surface area contributed by atoms with E-state index in [-0.39, 0.29) is 31.1 Å². The Morgan fingerprint density at radius 2 is 1.90 bits per heavy atom.